The largest absolute Gasteiger partial charge is 0.330 e. The number of nitrogens with two attached hydrogens (primary N) is 2. The fourth-order valence-corrected chi connectivity index (χ4v) is 2.61. The van der Waals surface area contributed by atoms with Crippen molar-refractivity contribution in [2.24, 2.45) is 11.5 Å². The molecule has 18 heavy (non-hydrogen) atoms. The Morgan fingerprint density at radius 2 is 2.00 bits per heavy atom. The summed E-state index contributed by atoms with van der Waals surface area (Å²) >= 11 is 1.62. The van der Waals surface area contributed by atoms with Crippen LogP contribution in [0, 0.1) is 0 Å². The Morgan fingerprint density at radius 1 is 1.22 bits per heavy atom. The summed E-state index contributed by atoms with van der Waals surface area (Å²) in [4.78, 5) is 8.60. The van der Waals surface area contributed by atoms with Gasteiger partial charge in [-0.05, 0) is 31.5 Å². The highest BCUT2D eigenvalue weighted by Gasteiger charge is 2.11. The molecule has 2 aromatic heterocycles. The summed E-state index contributed by atoms with van der Waals surface area (Å²) in [5.41, 5.74) is 13.7. The number of aromatic nitrogens is 2. The maximum atomic E-state index is 6.12. The normalized spacial score (nSPS) is 12.6. The first-order valence-electron chi connectivity index (χ1n) is 6.12. The van der Waals surface area contributed by atoms with Crippen LogP contribution >= 0.6 is 11.3 Å². The number of hydrogen-bond donors (Lipinski definition) is 2. The molecule has 0 saturated heterocycles. The van der Waals surface area contributed by atoms with Crippen LogP contribution in [-0.2, 0) is 0 Å². The molecule has 0 spiro atoms. The molecule has 5 heteroatoms. The summed E-state index contributed by atoms with van der Waals surface area (Å²) in [5, 5.41) is 3.05. The highest BCUT2D eigenvalue weighted by atomic mass is 32.1. The first kappa shape index (κ1) is 13.1. The van der Waals surface area contributed by atoms with Crippen LogP contribution in [0.2, 0.25) is 0 Å². The molecule has 4 N–H and O–H groups in total. The Morgan fingerprint density at radius 3 is 2.72 bits per heavy atom. The van der Waals surface area contributed by atoms with Gasteiger partial charge in [0.05, 0.1) is 11.7 Å². The summed E-state index contributed by atoms with van der Waals surface area (Å²) in [5.74, 6) is 0. The molecule has 96 valence electrons. The van der Waals surface area contributed by atoms with Crippen LogP contribution < -0.4 is 11.5 Å². The van der Waals surface area contributed by atoms with E-state index in [9.17, 15) is 0 Å². The maximum Gasteiger partial charge on any atom is 0.110 e. The zero-order chi connectivity index (χ0) is 12.8. The topological polar surface area (TPSA) is 77.8 Å². The van der Waals surface area contributed by atoms with Crippen molar-refractivity contribution in [1.29, 1.82) is 0 Å². The predicted molar refractivity (Wildman–Crippen MR) is 75.2 cm³/mol. The van der Waals surface area contributed by atoms with Crippen molar-refractivity contribution in [2.45, 2.75) is 25.3 Å². The van der Waals surface area contributed by atoms with Gasteiger partial charge >= 0.3 is 0 Å². The standard InChI is InChI=1S/C13H18N4S/c14-6-2-1-3-11(15)13-17-12(9-18-13)10-4-7-16-8-5-10/h4-5,7-9,11H,1-3,6,14-15H2. The highest BCUT2D eigenvalue weighted by Crippen LogP contribution is 2.26. The third-order valence-corrected chi connectivity index (χ3v) is 3.76. The molecule has 0 saturated carbocycles. The molecule has 1 atom stereocenters. The van der Waals surface area contributed by atoms with Gasteiger partial charge in [-0.3, -0.25) is 4.98 Å². The van der Waals surface area contributed by atoms with Gasteiger partial charge in [0, 0.05) is 23.3 Å². The third-order valence-electron chi connectivity index (χ3n) is 2.78. The van der Waals surface area contributed by atoms with E-state index in [4.69, 9.17) is 11.5 Å². The van der Waals surface area contributed by atoms with E-state index in [1.165, 1.54) is 0 Å². The second-order valence-electron chi connectivity index (χ2n) is 4.20. The van der Waals surface area contributed by atoms with Crippen molar-refractivity contribution < 1.29 is 0 Å². The Labute approximate surface area is 111 Å². The summed E-state index contributed by atoms with van der Waals surface area (Å²) in [7, 11) is 0. The lowest BCUT2D eigenvalue weighted by Gasteiger charge is -2.07. The van der Waals surface area contributed by atoms with E-state index < -0.39 is 0 Å². The summed E-state index contributed by atoms with van der Waals surface area (Å²) in [6, 6.07) is 3.94. The van der Waals surface area contributed by atoms with E-state index in [1.54, 1.807) is 23.7 Å². The van der Waals surface area contributed by atoms with Gasteiger partial charge in [-0.2, -0.15) is 0 Å². The van der Waals surface area contributed by atoms with Crippen LogP contribution in [-0.4, -0.2) is 16.5 Å². The van der Waals surface area contributed by atoms with Crippen LogP contribution in [0.25, 0.3) is 11.3 Å². The third kappa shape index (κ3) is 3.35. The second kappa shape index (κ2) is 6.58. The van der Waals surface area contributed by atoms with Crippen LogP contribution in [0.15, 0.2) is 29.9 Å². The van der Waals surface area contributed by atoms with E-state index in [0.717, 1.165) is 42.1 Å². The number of nitrogens with zero attached hydrogens (tertiary/aromatic N) is 2. The van der Waals surface area contributed by atoms with E-state index in [0.29, 0.717) is 0 Å². The first-order chi connectivity index (χ1) is 8.81. The Hall–Kier alpha value is -1.30. The number of pyridine rings is 1. The Kier molecular flexibility index (Phi) is 4.81. The zero-order valence-electron chi connectivity index (χ0n) is 10.2. The first-order valence-corrected chi connectivity index (χ1v) is 7.00. The number of thiazole rings is 1. The Balaban J connectivity index is 2.02. The van der Waals surface area contributed by atoms with Gasteiger partial charge in [0.2, 0.25) is 0 Å². The minimum atomic E-state index is 0.0251. The van der Waals surface area contributed by atoms with Gasteiger partial charge in [-0.1, -0.05) is 6.42 Å². The van der Waals surface area contributed by atoms with Gasteiger partial charge in [-0.25, -0.2) is 4.98 Å². The zero-order valence-corrected chi connectivity index (χ0v) is 11.1. The fraction of sp³-hybridized carbons (Fsp3) is 0.385. The summed E-state index contributed by atoms with van der Waals surface area (Å²) < 4.78 is 0. The lowest BCUT2D eigenvalue weighted by atomic mass is 10.1. The second-order valence-corrected chi connectivity index (χ2v) is 5.09. The van der Waals surface area contributed by atoms with Gasteiger partial charge < -0.3 is 11.5 Å². The molecule has 2 rings (SSSR count). The van der Waals surface area contributed by atoms with Gasteiger partial charge in [0.1, 0.15) is 5.01 Å². The number of rotatable bonds is 6. The quantitative estimate of drug-likeness (QED) is 0.783. The molecule has 2 aromatic rings. The van der Waals surface area contributed by atoms with Crippen molar-refractivity contribution in [2.75, 3.05) is 6.54 Å². The molecule has 0 aliphatic heterocycles. The minimum absolute atomic E-state index is 0.0251. The van der Waals surface area contributed by atoms with E-state index in [-0.39, 0.29) is 6.04 Å². The molecule has 4 nitrogen and oxygen atoms in total. The van der Waals surface area contributed by atoms with Crippen LogP contribution in [0.3, 0.4) is 0 Å². The molecule has 0 fully saturated rings. The molecule has 1 unspecified atom stereocenters. The number of hydrogen-bond acceptors (Lipinski definition) is 5. The fourth-order valence-electron chi connectivity index (χ4n) is 1.75. The van der Waals surface area contributed by atoms with Crippen LogP contribution in [0.1, 0.15) is 30.3 Å². The van der Waals surface area contributed by atoms with Crippen molar-refractivity contribution in [1.82, 2.24) is 9.97 Å². The van der Waals surface area contributed by atoms with E-state index in [2.05, 4.69) is 9.97 Å². The van der Waals surface area contributed by atoms with Crippen LogP contribution in [0.5, 0.6) is 0 Å². The van der Waals surface area contributed by atoms with E-state index >= 15 is 0 Å². The van der Waals surface area contributed by atoms with Crippen molar-refractivity contribution in [3.05, 3.63) is 34.9 Å². The van der Waals surface area contributed by atoms with Crippen molar-refractivity contribution in [3.63, 3.8) is 0 Å². The monoisotopic (exact) mass is 262 g/mol. The predicted octanol–water partition coefficient (Wildman–Crippen LogP) is 2.33. The maximum absolute atomic E-state index is 6.12. The molecule has 0 radical (unpaired) electrons. The Bertz CT molecular complexity index is 469. The van der Waals surface area contributed by atoms with Gasteiger partial charge in [0.15, 0.2) is 0 Å². The van der Waals surface area contributed by atoms with Gasteiger partial charge in [0.25, 0.3) is 0 Å². The molecule has 0 bridgehead atoms. The molecule has 0 aromatic carbocycles. The smallest absolute Gasteiger partial charge is 0.110 e. The molecule has 0 aliphatic rings. The lowest BCUT2D eigenvalue weighted by Crippen LogP contribution is -2.10. The summed E-state index contributed by atoms with van der Waals surface area (Å²) in [6.45, 7) is 0.729. The van der Waals surface area contributed by atoms with Crippen molar-refractivity contribution in [3.8, 4) is 11.3 Å². The molecule has 0 aliphatic carbocycles. The van der Waals surface area contributed by atoms with Crippen molar-refractivity contribution >= 4 is 11.3 Å². The van der Waals surface area contributed by atoms with Gasteiger partial charge in [-0.15, -0.1) is 11.3 Å². The molecule has 0 amide bonds. The summed E-state index contributed by atoms with van der Waals surface area (Å²) in [6.07, 6.45) is 6.57. The lowest BCUT2D eigenvalue weighted by molar-refractivity contribution is 0.589. The average molecular weight is 262 g/mol. The molecular formula is C13H18N4S. The molecular weight excluding hydrogens is 244 g/mol. The average Bonchev–Trinajstić information content (AvgIpc) is 2.89. The minimum Gasteiger partial charge on any atom is -0.330 e. The number of unbranched alkanes of at least 4 members (excludes halogenated alkanes) is 1. The van der Waals surface area contributed by atoms with Crippen LogP contribution in [0.4, 0.5) is 0 Å². The SMILES string of the molecule is NCCCCC(N)c1nc(-c2ccncc2)cs1. The molecule has 2 heterocycles. The highest BCUT2D eigenvalue weighted by molar-refractivity contribution is 7.10. The van der Waals surface area contributed by atoms with E-state index in [1.807, 2.05) is 17.5 Å².